The molecule has 27 heavy (non-hydrogen) atoms. The molecular weight excluding hydrogens is 360 g/mol. The van der Waals surface area contributed by atoms with Gasteiger partial charge in [-0.2, -0.15) is 0 Å². The van der Waals surface area contributed by atoms with Crippen molar-refractivity contribution in [2.24, 2.45) is 5.73 Å². The second kappa shape index (κ2) is 7.44. The summed E-state index contributed by atoms with van der Waals surface area (Å²) in [6.45, 7) is 2.52. The summed E-state index contributed by atoms with van der Waals surface area (Å²) in [4.78, 5) is 30.7. The summed E-state index contributed by atoms with van der Waals surface area (Å²) in [5.74, 6) is -0.281. The number of carbonyl (C=O) groups excluding carboxylic acids is 1. The van der Waals surface area contributed by atoms with Crippen LogP contribution in [0.3, 0.4) is 0 Å². The molecule has 7 heteroatoms. The number of carbonyl (C=O) groups is 1. The van der Waals surface area contributed by atoms with Crippen molar-refractivity contribution < 1.29 is 4.79 Å². The Morgan fingerprint density at radius 1 is 1.15 bits per heavy atom. The minimum atomic E-state index is -0.281. The Morgan fingerprint density at radius 3 is 2.74 bits per heavy atom. The lowest BCUT2D eigenvalue weighted by atomic mass is 10.0. The monoisotopic (exact) mass is 382 g/mol. The SMILES string of the molecule is NC(=O)CCC1CN(c2ccccc2)CCN1c1cccc2[nH]c(=O)sc12. The molecule has 1 aliphatic heterocycles. The normalized spacial score (nSPS) is 17.4. The first-order valence-corrected chi connectivity index (χ1v) is 9.90. The fraction of sp³-hybridized carbons (Fsp3) is 0.300. The quantitative estimate of drug-likeness (QED) is 0.710. The number of para-hydroxylation sites is 1. The molecule has 4 rings (SSSR count). The van der Waals surface area contributed by atoms with Gasteiger partial charge in [0.25, 0.3) is 0 Å². The van der Waals surface area contributed by atoms with Crippen molar-refractivity contribution >= 4 is 38.8 Å². The second-order valence-corrected chi connectivity index (χ2v) is 7.79. The first-order valence-electron chi connectivity index (χ1n) is 9.08. The zero-order chi connectivity index (χ0) is 18.8. The third-order valence-electron chi connectivity index (χ3n) is 5.06. The van der Waals surface area contributed by atoms with Gasteiger partial charge in [0.1, 0.15) is 0 Å². The number of rotatable bonds is 5. The van der Waals surface area contributed by atoms with Crippen LogP contribution in [0.2, 0.25) is 0 Å². The Morgan fingerprint density at radius 2 is 1.96 bits per heavy atom. The first-order chi connectivity index (χ1) is 13.1. The lowest BCUT2D eigenvalue weighted by molar-refractivity contribution is -0.118. The number of hydrogen-bond donors (Lipinski definition) is 2. The molecule has 0 spiro atoms. The van der Waals surface area contributed by atoms with Gasteiger partial charge in [-0.25, -0.2) is 0 Å². The van der Waals surface area contributed by atoms with Gasteiger partial charge in [-0.1, -0.05) is 35.6 Å². The summed E-state index contributed by atoms with van der Waals surface area (Å²) in [6, 6.07) is 16.4. The van der Waals surface area contributed by atoms with Crippen molar-refractivity contribution in [3.8, 4) is 0 Å². The highest BCUT2D eigenvalue weighted by atomic mass is 32.1. The topological polar surface area (TPSA) is 82.4 Å². The molecule has 1 unspecified atom stereocenters. The Kier molecular flexibility index (Phi) is 4.85. The average molecular weight is 382 g/mol. The first kappa shape index (κ1) is 17.6. The Hall–Kier alpha value is -2.80. The largest absolute Gasteiger partial charge is 0.370 e. The van der Waals surface area contributed by atoms with E-state index in [2.05, 4.69) is 33.0 Å². The molecule has 1 aliphatic rings. The molecule has 2 heterocycles. The molecule has 0 aliphatic carbocycles. The highest BCUT2D eigenvalue weighted by Gasteiger charge is 2.29. The maximum atomic E-state index is 11.8. The summed E-state index contributed by atoms with van der Waals surface area (Å²) in [5.41, 5.74) is 8.52. The van der Waals surface area contributed by atoms with Crippen LogP contribution < -0.4 is 20.4 Å². The van der Waals surface area contributed by atoms with E-state index in [9.17, 15) is 9.59 Å². The van der Waals surface area contributed by atoms with Crippen molar-refractivity contribution in [3.63, 3.8) is 0 Å². The molecule has 1 atom stereocenters. The van der Waals surface area contributed by atoms with E-state index in [1.807, 2.05) is 30.3 Å². The number of nitrogens with two attached hydrogens (primary N) is 1. The van der Waals surface area contributed by atoms with Gasteiger partial charge < -0.3 is 20.5 Å². The number of fused-ring (bicyclic) bond motifs is 1. The van der Waals surface area contributed by atoms with Gasteiger partial charge in [-0.15, -0.1) is 0 Å². The number of primary amides is 1. The standard InChI is InChI=1S/C20H22N4O2S/c21-18(25)10-9-15-13-23(14-5-2-1-3-6-14)11-12-24(15)17-8-4-7-16-19(17)27-20(26)22-16/h1-8,15H,9-13H2,(H2,21,25)(H,22,26). The molecule has 0 saturated carbocycles. The van der Waals surface area contributed by atoms with E-state index < -0.39 is 0 Å². The van der Waals surface area contributed by atoms with Crippen LogP contribution in [0, 0.1) is 0 Å². The molecule has 3 aromatic rings. The number of benzene rings is 2. The molecule has 140 valence electrons. The highest BCUT2D eigenvalue weighted by molar-refractivity contribution is 7.17. The van der Waals surface area contributed by atoms with Gasteiger partial charge in [0.15, 0.2) is 0 Å². The average Bonchev–Trinajstić information content (AvgIpc) is 3.07. The molecule has 0 radical (unpaired) electrons. The predicted octanol–water partition coefficient (Wildman–Crippen LogP) is 2.55. The number of piperazine rings is 1. The van der Waals surface area contributed by atoms with Crippen molar-refractivity contribution in [1.82, 2.24) is 4.98 Å². The lowest BCUT2D eigenvalue weighted by Crippen LogP contribution is -2.53. The Labute approximate surface area is 161 Å². The number of H-pyrrole nitrogens is 1. The third kappa shape index (κ3) is 3.68. The Balaban J connectivity index is 1.66. The van der Waals surface area contributed by atoms with E-state index in [-0.39, 0.29) is 16.8 Å². The number of amides is 1. The van der Waals surface area contributed by atoms with E-state index in [1.54, 1.807) is 0 Å². The van der Waals surface area contributed by atoms with Crippen LogP contribution in [-0.4, -0.2) is 36.6 Å². The number of anilines is 2. The van der Waals surface area contributed by atoms with E-state index in [4.69, 9.17) is 5.73 Å². The predicted molar refractivity (Wildman–Crippen MR) is 111 cm³/mol. The maximum absolute atomic E-state index is 11.8. The van der Waals surface area contributed by atoms with E-state index in [1.165, 1.54) is 17.0 Å². The van der Waals surface area contributed by atoms with Crippen LogP contribution in [0.15, 0.2) is 53.3 Å². The van der Waals surface area contributed by atoms with E-state index in [0.717, 1.165) is 35.5 Å². The van der Waals surface area contributed by atoms with Crippen molar-refractivity contribution in [1.29, 1.82) is 0 Å². The zero-order valence-electron chi connectivity index (χ0n) is 14.9. The smallest absolute Gasteiger partial charge is 0.305 e. The highest BCUT2D eigenvalue weighted by Crippen LogP contribution is 2.32. The van der Waals surface area contributed by atoms with Crippen molar-refractivity contribution in [3.05, 3.63) is 58.2 Å². The fourth-order valence-corrected chi connectivity index (χ4v) is 4.65. The molecule has 2 aromatic carbocycles. The maximum Gasteiger partial charge on any atom is 0.305 e. The fourth-order valence-electron chi connectivity index (χ4n) is 3.79. The van der Waals surface area contributed by atoms with Crippen LogP contribution in [0.25, 0.3) is 10.2 Å². The number of thiazole rings is 1. The van der Waals surface area contributed by atoms with Gasteiger partial charge in [-0.3, -0.25) is 9.59 Å². The Bertz CT molecular complexity index is 998. The number of aromatic amines is 1. The van der Waals surface area contributed by atoms with E-state index >= 15 is 0 Å². The van der Waals surface area contributed by atoms with Gasteiger partial charge in [-0.05, 0) is 30.7 Å². The molecule has 1 saturated heterocycles. The number of aromatic nitrogens is 1. The molecular formula is C20H22N4O2S. The molecule has 1 amide bonds. The molecule has 1 aromatic heterocycles. The van der Waals surface area contributed by atoms with Gasteiger partial charge in [0.2, 0.25) is 5.91 Å². The number of hydrogen-bond acceptors (Lipinski definition) is 5. The van der Waals surface area contributed by atoms with Crippen molar-refractivity contribution in [2.75, 3.05) is 29.4 Å². The van der Waals surface area contributed by atoms with Crippen LogP contribution in [0.4, 0.5) is 11.4 Å². The van der Waals surface area contributed by atoms with Gasteiger partial charge in [0.05, 0.1) is 15.9 Å². The van der Waals surface area contributed by atoms with Crippen molar-refractivity contribution in [2.45, 2.75) is 18.9 Å². The molecule has 1 fully saturated rings. The number of nitrogens with zero attached hydrogens (tertiary/aromatic N) is 2. The number of nitrogens with one attached hydrogen (secondary N) is 1. The van der Waals surface area contributed by atoms with Crippen LogP contribution in [0.1, 0.15) is 12.8 Å². The zero-order valence-corrected chi connectivity index (χ0v) is 15.7. The summed E-state index contributed by atoms with van der Waals surface area (Å²) in [7, 11) is 0. The summed E-state index contributed by atoms with van der Waals surface area (Å²) < 4.78 is 0.972. The minimum absolute atomic E-state index is 0.0472. The van der Waals surface area contributed by atoms with Gasteiger partial charge in [0, 0.05) is 37.8 Å². The summed E-state index contributed by atoms with van der Waals surface area (Å²) >= 11 is 1.24. The summed E-state index contributed by atoms with van der Waals surface area (Å²) in [5, 5.41) is 0. The van der Waals surface area contributed by atoms with Crippen LogP contribution in [-0.2, 0) is 4.79 Å². The van der Waals surface area contributed by atoms with Crippen LogP contribution >= 0.6 is 11.3 Å². The van der Waals surface area contributed by atoms with E-state index in [0.29, 0.717) is 12.8 Å². The van der Waals surface area contributed by atoms with Gasteiger partial charge >= 0.3 is 4.87 Å². The lowest BCUT2D eigenvalue weighted by Gasteiger charge is -2.44. The molecule has 3 N–H and O–H groups in total. The van der Waals surface area contributed by atoms with Crippen LogP contribution in [0.5, 0.6) is 0 Å². The third-order valence-corrected chi connectivity index (χ3v) is 5.98. The summed E-state index contributed by atoms with van der Waals surface area (Å²) in [6.07, 6.45) is 1.04. The second-order valence-electron chi connectivity index (χ2n) is 6.80. The molecule has 6 nitrogen and oxygen atoms in total. The molecule has 0 bridgehead atoms. The minimum Gasteiger partial charge on any atom is -0.370 e.